The fraction of sp³-hybridized carbons (Fsp3) is 0.391. The van der Waals surface area contributed by atoms with Crippen LogP contribution < -0.4 is 9.47 Å². The molecule has 2 aliphatic rings. The highest BCUT2D eigenvalue weighted by molar-refractivity contribution is 7.80. The molecule has 2 bridgehead atoms. The van der Waals surface area contributed by atoms with Gasteiger partial charge in [0.1, 0.15) is 23.7 Å². The molecular weight excluding hydrogens is 480 g/mol. The summed E-state index contributed by atoms with van der Waals surface area (Å²) >= 11 is 10.7. The lowest BCUT2D eigenvalue weighted by molar-refractivity contribution is -0.219. The number of rotatable bonds is 6. The van der Waals surface area contributed by atoms with Gasteiger partial charge in [0.2, 0.25) is 0 Å². The molecule has 2 heterocycles. The van der Waals surface area contributed by atoms with E-state index < -0.39 is 39.0 Å². The lowest BCUT2D eigenvalue weighted by Crippen LogP contribution is -2.60. The molecule has 2 aliphatic heterocycles. The minimum atomic E-state index is -2.05. The first-order valence-corrected chi connectivity index (χ1v) is 14.8. The van der Waals surface area contributed by atoms with E-state index in [1.165, 1.54) is 0 Å². The molecular formula is C23H26O7S2Si. The summed E-state index contributed by atoms with van der Waals surface area (Å²) in [4.78, 5) is 0. The van der Waals surface area contributed by atoms with Gasteiger partial charge in [0, 0.05) is 24.4 Å². The van der Waals surface area contributed by atoms with Crippen LogP contribution in [-0.4, -0.2) is 56.1 Å². The van der Waals surface area contributed by atoms with Crippen LogP contribution in [0.15, 0.2) is 60.7 Å². The van der Waals surface area contributed by atoms with Crippen molar-refractivity contribution in [2.75, 3.05) is 6.61 Å². The maximum Gasteiger partial charge on any atom is 0.358 e. The van der Waals surface area contributed by atoms with E-state index in [4.69, 9.17) is 57.3 Å². The molecule has 0 N–H and O–H groups in total. The Hall–Kier alpha value is -2.08. The molecule has 0 amide bonds. The summed E-state index contributed by atoms with van der Waals surface area (Å²) in [6.45, 7) is 6.55. The van der Waals surface area contributed by atoms with Crippen LogP contribution >= 0.6 is 24.4 Å². The molecule has 10 heteroatoms. The third-order valence-electron chi connectivity index (χ3n) is 4.86. The Morgan fingerprint density at radius 3 is 1.82 bits per heavy atom. The normalized spacial score (nSPS) is 26.3. The van der Waals surface area contributed by atoms with Gasteiger partial charge in [-0.25, -0.2) is 0 Å². The van der Waals surface area contributed by atoms with Gasteiger partial charge in [-0.1, -0.05) is 36.4 Å². The van der Waals surface area contributed by atoms with Crippen LogP contribution in [0.2, 0.25) is 19.6 Å². The summed E-state index contributed by atoms with van der Waals surface area (Å²) in [7, 11) is -2.05. The summed E-state index contributed by atoms with van der Waals surface area (Å²) in [5.74, 6) is 1.14. The molecule has 2 fully saturated rings. The predicted molar refractivity (Wildman–Crippen MR) is 132 cm³/mol. The van der Waals surface area contributed by atoms with Gasteiger partial charge in [0.25, 0.3) is 0 Å². The Labute approximate surface area is 205 Å². The van der Waals surface area contributed by atoms with Crippen molar-refractivity contribution in [1.82, 2.24) is 0 Å². The zero-order chi connectivity index (χ0) is 23.4. The summed E-state index contributed by atoms with van der Waals surface area (Å²) in [5, 5.41) is -0.0963. The fourth-order valence-electron chi connectivity index (χ4n) is 3.59. The van der Waals surface area contributed by atoms with Crippen LogP contribution in [0.3, 0.4) is 0 Å². The maximum absolute atomic E-state index is 6.49. The molecule has 4 rings (SSSR count). The van der Waals surface area contributed by atoms with Crippen molar-refractivity contribution in [1.29, 1.82) is 0 Å². The second kappa shape index (κ2) is 10.5. The highest BCUT2D eigenvalue weighted by Crippen LogP contribution is 2.35. The first-order valence-electron chi connectivity index (χ1n) is 10.6. The van der Waals surface area contributed by atoms with Crippen molar-refractivity contribution >= 4 is 43.2 Å². The van der Waals surface area contributed by atoms with Gasteiger partial charge in [-0.05, 0) is 43.9 Å². The van der Waals surface area contributed by atoms with Gasteiger partial charge in [-0.15, -0.1) is 0 Å². The highest BCUT2D eigenvalue weighted by Gasteiger charge is 2.56. The van der Waals surface area contributed by atoms with Crippen LogP contribution in [0, 0.1) is 0 Å². The average Bonchev–Trinajstić information content (AvgIpc) is 3.20. The van der Waals surface area contributed by atoms with E-state index in [1.807, 2.05) is 36.4 Å². The van der Waals surface area contributed by atoms with Crippen molar-refractivity contribution in [2.45, 2.75) is 50.3 Å². The molecule has 0 spiro atoms. The van der Waals surface area contributed by atoms with E-state index in [0.29, 0.717) is 18.1 Å². The monoisotopic (exact) mass is 506 g/mol. The number of fused-ring (bicyclic) bond motifs is 2. The van der Waals surface area contributed by atoms with E-state index in [9.17, 15) is 0 Å². The molecule has 0 aliphatic carbocycles. The van der Waals surface area contributed by atoms with E-state index in [2.05, 4.69) is 19.6 Å². The van der Waals surface area contributed by atoms with Crippen LogP contribution in [-0.2, 0) is 23.4 Å². The predicted octanol–water partition coefficient (Wildman–Crippen LogP) is 4.46. The summed E-state index contributed by atoms with van der Waals surface area (Å²) < 4.78 is 41.7. The van der Waals surface area contributed by atoms with Gasteiger partial charge in [0.15, 0.2) is 26.8 Å². The molecule has 0 unspecified atom stereocenters. The number of hydrogen-bond acceptors (Lipinski definition) is 9. The van der Waals surface area contributed by atoms with E-state index in [-0.39, 0.29) is 10.5 Å². The number of hydrogen-bond donors (Lipinski definition) is 0. The Bertz CT molecular complexity index is 885. The third kappa shape index (κ3) is 6.49. The topological polar surface area (TPSA) is 64.6 Å². The quantitative estimate of drug-likeness (QED) is 0.417. The molecule has 2 aromatic rings. The van der Waals surface area contributed by atoms with Crippen LogP contribution in [0.25, 0.3) is 0 Å². The summed E-state index contributed by atoms with van der Waals surface area (Å²) in [6.07, 6.45) is -2.95. The summed E-state index contributed by atoms with van der Waals surface area (Å²) in [6, 6.07) is 18.3. The minimum Gasteiger partial charge on any atom is -0.448 e. The van der Waals surface area contributed by atoms with Crippen molar-refractivity contribution in [3.05, 3.63) is 60.7 Å². The van der Waals surface area contributed by atoms with Crippen LogP contribution in [0.4, 0.5) is 0 Å². The number of thiocarbonyl (C=S) groups is 2. The van der Waals surface area contributed by atoms with Crippen LogP contribution in [0.1, 0.15) is 0 Å². The second-order valence-corrected chi connectivity index (χ2v) is 13.7. The zero-order valence-electron chi connectivity index (χ0n) is 18.5. The first-order chi connectivity index (χ1) is 15.8. The van der Waals surface area contributed by atoms with Gasteiger partial charge < -0.3 is 32.8 Å². The lowest BCUT2D eigenvalue weighted by Gasteiger charge is -2.42. The smallest absolute Gasteiger partial charge is 0.358 e. The molecule has 2 saturated heterocycles. The number of para-hydroxylation sites is 2. The second-order valence-electron chi connectivity index (χ2n) is 8.57. The highest BCUT2D eigenvalue weighted by atomic mass is 32.1. The van der Waals surface area contributed by atoms with Gasteiger partial charge in [-0.3, -0.25) is 0 Å². The molecule has 5 atom stereocenters. The Morgan fingerprint density at radius 1 is 0.788 bits per heavy atom. The first kappa shape index (κ1) is 24.1. The van der Waals surface area contributed by atoms with Gasteiger partial charge >= 0.3 is 10.5 Å². The van der Waals surface area contributed by atoms with Crippen molar-refractivity contribution in [3.63, 3.8) is 0 Å². The summed E-state index contributed by atoms with van der Waals surface area (Å²) in [5.41, 5.74) is 0. The average molecular weight is 507 g/mol. The molecule has 176 valence electrons. The lowest BCUT2D eigenvalue weighted by atomic mass is 10.0. The Kier molecular flexibility index (Phi) is 7.62. The largest absolute Gasteiger partial charge is 0.448 e. The Balaban J connectivity index is 1.51. The maximum atomic E-state index is 6.49. The minimum absolute atomic E-state index is 0.0359. The van der Waals surface area contributed by atoms with Crippen LogP contribution in [0.5, 0.6) is 11.5 Å². The molecule has 7 nitrogen and oxygen atoms in total. The van der Waals surface area contributed by atoms with Gasteiger partial charge in [-0.2, -0.15) is 0 Å². The number of benzene rings is 2. The Morgan fingerprint density at radius 2 is 1.30 bits per heavy atom. The molecule has 0 radical (unpaired) electrons. The SMILES string of the molecule is C[Si](C)(C)O[C@@H]1[C@@H](OC(=S)Oc2ccccc2)[C@@H]2OC[C@@H](O2)[C@H]1OC(=S)Oc1ccccc1. The van der Waals surface area contributed by atoms with Crippen molar-refractivity contribution < 1.29 is 32.8 Å². The zero-order valence-corrected chi connectivity index (χ0v) is 21.2. The molecule has 0 aromatic heterocycles. The fourth-order valence-corrected chi connectivity index (χ4v) is 5.09. The number of ether oxygens (including phenoxy) is 6. The molecule has 2 aromatic carbocycles. The van der Waals surface area contributed by atoms with Crippen molar-refractivity contribution in [3.8, 4) is 11.5 Å². The third-order valence-corrected chi connectivity index (χ3v) is 6.20. The van der Waals surface area contributed by atoms with Crippen molar-refractivity contribution in [2.24, 2.45) is 0 Å². The van der Waals surface area contributed by atoms with E-state index in [0.717, 1.165) is 0 Å². The van der Waals surface area contributed by atoms with Gasteiger partial charge in [0.05, 0.1) is 6.61 Å². The van der Waals surface area contributed by atoms with E-state index >= 15 is 0 Å². The molecule has 0 saturated carbocycles. The molecule has 33 heavy (non-hydrogen) atoms. The standard InChI is InChI=1S/C23H26O7S2Si/c1-33(2,3)30-19-18(28-22(31)25-15-10-6-4-7-11-15)17-14-24-21(27-17)20(19)29-23(32)26-16-12-8-5-9-13-16/h4-13,17-21H,14H2,1-3H3/t17-,18-,19+,20-,21-/m1/s1. The van der Waals surface area contributed by atoms with E-state index in [1.54, 1.807) is 24.3 Å².